The molecule has 0 unspecified atom stereocenters. The molecule has 2 aromatic carbocycles. The molecule has 7 heteroatoms. The predicted octanol–water partition coefficient (Wildman–Crippen LogP) is 3.74. The van der Waals surface area contributed by atoms with E-state index in [4.69, 9.17) is 14.2 Å². The summed E-state index contributed by atoms with van der Waals surface area (Å²) in [5, 5.41) is 10.6. The second-order valence-corrected chi connectivity index (χ2v) is 9.11. The molecule has 0 aromatic heterocycles. The number of rotatable bonds is 8. The lowest BCUT2D eigenvalue weighted by atomic mass is 9.97. The van der Waals surface area contributed by atoms with Gasteiger partial charge in [0, 0.05) is 18.2 Å². The van der Waals surface area contributed by atoms with E-state index < -0.39 is 0 Å². The number of benzene rings is 2. The first-order chi connectivity index (χ1) is 16.4. The zero-order valence-corrected chi connectivity index (χ0v) is 20.1. The van der Waals surface area contributed by atoms with E-state index in [0.29, 0.717) is 63.1 Å². The molecule has 1 fully saturated rings. The van der Waals surface area contributed by atoms with Gasteiger partial charge in [-0.05, 0) is 35.2 Å². The average molecular weight is 466 g/mol. The van der Waals surface area contributed by atoms with E-state index in [9.17, 15) is 10.0 Å². The molecule has 2 aromatic rings. The van der Waals surface area contributed by atoms with Gasteiger partial charge in [-0.15, -0.1) is 0 Å². The van der Waals surface area contributed by atoms with Gasteiger partial charge >= 0.3 is 5.97 Å². The number of hydrogen-bond donors (Lipinski definition) is 1. The zero-order chi connectivity index (χ0) is 24.1. The number of ether oxygens (including phenoxy) is 3. The van der Waals surface area contributed by atoms with Crippen LogP contribution in [0.1, 0.15) is 30.5 Å². The topological polar surface area (TPSA) is 77.4 Å². The summed E-state index contributed by atoms with van der Waals surface area (Å²) in [5.74, 6) is 0.536. The Balaban J connectivity index is 1.62. The number of aliphatic imine (C=N–C) groups is 1. The maximum atomic E-state index is 13.2. The first-order valence-corrected chi connectivity index (χ1v) is 11.8. The van der Waals surface area contributed by atoms with Crippen molar-refractivity contribution in [1.82, 2.24) is 0 Å². The van der Waals surface area contributed by atoms with Gasteiger partial charge in [0.1, 0.15) is 32.0 Å². The Morgan fingerprint density at radius 1 is 1.12 bits per heavy atom. The monoisotopic (exact) mass is 465 g/mol. The molecule has 0 spiro atoms. The van der Waals surface area contributed by atoms with Gasteiger partial charge < -0.3 is 14.2 Å². The Kier molecular flexibility index (Phi) is 7.46. The van der Waals surface area contributed by atoms with Crippen LogP contribution in [0, 0.1) is 5.92 Å². The van der Waals surface area contributed by atoms with Crippen molar-refractivity contribution in [2.24, 2.45) is 10.9 Å². The predicted molar refractivity (Wildman–Crippen MR) is 130 cm³/mol. The highest BCUT2D eigenvalue weighted by molar-refractivity contribution is 6.37. The lowest BCUT2D eigenvalue weighted by molar-refractivity contribution is -1.11. The normalized spacial score (nSPS) is 18.3. The molecule has 34 heavy (non-hydrogen) atoms. The molecule has 180 valence electrons. The molecule has 0 amide bonds. The number of carbonyl (C=O) groups is 1. The lowest BCUT2D eigenvalue weighted by Crippen LogP contribution is -2.54. The van der Waals surface area contributed by atoms with Crippen LogP contribution in [0.15, 0.2) is 59.1 Å². The van der Waals surface area contributed by atoms with Gasteiger partial charge in [0.05, 0.1) is 31.1 Å². The van der Waals surface area contributed by atoms with E-state index in [1.807, 2.05) is 62.4 Å². The molecule has 1 N–H and O–H groups in total. The second-order valence-electron chi connectivity index (χ2n) is 9.11. The summed E-state index contributed by atoms with van der Waals surface area (Å²) >= 11 is 0. The summed E-state index contributed by atoms with van der Waals surface area (Å²) < 4.78 is 16.9. The number of esters is 1. The Labute approximate surface area is 200 Å². The van der Waals surface area contributed by atoms with Crippen molar-refractivity contribution in [3.05, 3.63) is 70.8 Å². The van der Waals surface area contributed by atoms with Crippen LogP contribution in [0.5, 0.6) is 5.75 Å². The van der Waals surface area contributed by atoms with Crippen LogP contribution in [0.3, 0.4) is 0 Å². The van der Waals surface area contributed by atoms with Crippen LogP contribution in [-0.2, 0) is 14.3 Å². The van der Waals surface area contributed by atoms with E-state index in [-0.39, 0.29) is 16.5 Å². The molecule has 4 rings (SSSR count). The van der Waals surface area contributed by atoms with E-state index >= 15 is 0 Å². The minimum atomic E-state index is -0.370. The van der Waals surface area contributed by atoms with E-state index in [1.54, 1.807) is 7.05 Å². The van der Waals surface area contributed by atoms with Crippen LogP contribution in [-0.4, -0.2) is 74.6 Å². The fourth-order valence-electron chi connectivity index (χ4n) is 4.30. The number of carbonyl (C=O) groups excluding carboxylic acids is 1. The number of quaternary nitrogens is 1. The molecule has 1 aliphatic carbocycles. The quantitative estimate of drug-likeness (QED) is 0.475. The van der Waals surface area contributed by atoms with E-state index in [0.717, 1.165) is 22.3 Å². The summed E-state index contributed by atoms with van der Waals surface area (Å²) in [6.07, 6.45) is 0. The first-order valence-electron chi connectivity index (χ1n) is 11.8. The number of nitrogens with zero attached hydrogens (tertiary/aromatic N) is 2. The Morgan fingerprint density at radius 3 is 2.53 bits per heavy atom. The van der Waals surface area contributed by atoms with Crippen LogP contribution < -0.4 is 4.74 Å². The van der Waals surface area contributed by atoms with Gasteiger partial charge in [0.2, 0.25) is 0 Å². The average Bonchev–Trinajstić information content (AvgIpc) is 3.17. The van der Waals surface area contributed by atoms with Crippen molar-refractivity contribution in [1.29, 1.82) is 0 Å². The Bertz CT molecular complexity index is 1090. The third-order valence-electron chi connectivity index (χ3n) is 6.12. The van der Waals surface area contributed by atoms with Gasteiger partial charge in [-0.2, -0.15) is 4.65 Å². The zero-order valence-electron chi connectivity index (χ0n) is 20.1. The van der Waals surface area contributed by atoms with Gasteiger partial charge in [-0.3, -0.25) is 4.99 Å². The highest BCUT2D eigenvalue weighted by Crippen LogP contribution is 2.40. The smallest absolute Gasteiger partial charge is 0.341 e. The molecule has 7 nitrogen and oxygen atoms in total. The van der Waals surface area contributed by atoms with Crippen LogP contribution in [0.2, 0.25) is 0 Å². The molecule has 1 saturated heterocycles. The molecular weight excluding hydrogens is 432 g/mol. The summed E-state index contributed by atoms with van der Waals surface area (Å²) in [4.78, 5) is 17.7. The molecular formula is C27H33N2O5+. The maximum absolute atomic E-state index is 13.2. The van der Waals surface area contributed by atoms with Gasteiger partial charge in [0.25, 0.3) is 0 Å². The molecule has 1 heterocycles. The summed E-state index contributed by atoms with van der Waals surface area (Å²) in [6.45, 7) is 7.45. The van der Waals surface area contributed by atoms with Crippen molar-refractivity contribution >= 4 is 17.3 Å². The third kappa shape index (κ3) is 5.22. The van der Waals surface area contributed by atoms with E-state index in [2.05, 4.69) is 4.99 Å². The fourth-order valence-corrected chi connectivity index (χ4v) is 4.30. The number of morpholine rings is 1. The van der Waals surface area contributed by atoms with Crippen LogP contribution in [0.25, 0.3) is 5.57 Å². The van der Waals surface area contributed by atoms with Crippen LogP contribution in [0.4, 0.5) is 0 Å². The molecule has 0 saturated carbocycles. The maximum Gasteiger partial charge on any atom is 0.341 e. The number of hydroxylamine groups is 3. The van der Waals surface area contributed by atoms with E-state index in [1.165, 1.54) is 0 Å². The number of hydrogen-bond acceptors (Lipinski definition) is 6. The molecule has 0 atom stereocenters. The Morgan fingerprint density at radius 2 is 1.85 bits per heavy atom. The Hall–Kier alpha value is -3.00. The number of fused-ring (bicyclic) bond motifs is 1. The van der Waals surface area contributed by atoms with Gasteiger partial charge in [-0.1, -0.05) is 44.2 Å². The standard InChI is InChI=1S/C27H33N2O5/c1-19(2)18-34-27(30)25-24(20-7-5-4-6-8-20)22-10-9-21(17-23(22)26(25)28-3)33-16-13-29(31)11-14-32-15-12-29/h4-10,17,19,31H,11-16,18H2,1-3H3/q+1/b28-26+. The van der Waals surface area contributed by atoms with Gasteiger partial charge in [0.15, 0.2) is 0 Å². The van der Waals surface area contributed by atoms with Crippen molar-refractivity contribution in [2.45, 2.75) is 13.8 Å². The molecule has 0 bridgehead atoms. The first kappa shape index (κ1) is 24.1. The van der Waals surface area contributed by atoms with Crippen molar-refractivity contribution < 1.29 is 28.9 Å². The van der Waals surface area contributed by atoms with Crippen molar-refractivity contribution in [2.75, 3.05) is 53.1 Å². The summed E-state index contributed by atoms with van der Waals surface area (Å²) in [7, 11) is 1.69. The minimum absolute atomic E-state index is 0.0435. The lowest BCUT2D eigenvalue weighted by Gasteiger charge is -2.33. The second kappa shape index (κ2) is 10.5. The summed E-state index contributed by atoms with van der Waals surface area (Å²) in [5.41, 5.74) is 4.61. The van der Waals surface area contributed by atoms with Crippen molar-refractivity contribution in [3.63, 3.8) is 0 Å². The van der Waals surface area contributed by atoms with Crippen LogP contribution >= 0.6 is 0 Å². The highest BCUT2D eigenvalue weighted by atomic mass is 16.6. The molecule has 1 aliphatic heterocycles. The SMILES string of the molecule is C/N=C1/C(C(=O)OCC(C)C)=C(c2ccccc2)c2ccc(OCC[N+]3(O)CCOCC3)cc21. The fraction of sp³-hybridized carbons (Fsp3) is 0.407. The third-order valence-corrected chi connectivity index (χ3v) is 6.12. The molecule has 2 aliphatic rings. The highest BCUT2D eigenvalue weighted by Gasteiger charge is 2.34. The van der Waals surface area contributed by atoms with Gasteiger partial charge in [-0.25, -0.2) is 10.0 Å². The molecule has 0 radical (unpaired) electrons. The van der Waals surface area contributed by atoms with Crippen molar-refractivity contribution in [3.8, 4) is 5.75 Å². The largest absolute Gasteiger partial charge is 0.488 e. The minimum Gasteiger partial charge on any atom is -0.488 e. The summed E-state index contributed by atoms with van der Waals surface area (Å²) in [6, 6.07) is 15.6.